The summed E-state index contributed by atoms with van der Waals surface area (Å²) in [6, 6.07) is 18.4. The lowest BCUT2D eigenvalue weighted by Gasteiger charge is -2.12. The highest BCUT2D eigenvalue weighted by Gasteiger charge is 2.16. The first-order chi connectivity index (χ1) is 14.0. The van der Waals surface area contributed by atoms with Crippen molar-refractivity contribution in [2.45, 2.75) is 20.3 Å². The Hall–Kier alpha value is -3.31. The van der Waals surface area contributed by atoms with Crippen molar-refractivity contribution in [3.63, 3.8) is 0 Å². The van der Waals surface area contributed by atoms with Crippen LogP contribution >= 0.6 is 11.6 Å². The number of carbonyl (C=O) groups is 1. The molecule has 0 saturated heterocycles. The summed E-state index contributed by atoms with van der Waals surface area (Å²) in [7, 11) is 0. The van der Waals surface area contributed by atoms with Crippen LogP contribution in [0.2, 0.25) is 5.02 Å². The molecule has 0 aliphatic heterocycles. The van der Waals surface area contributed by atoms with Gasteiger partial charge in [0, 0.05) is 10.4 Å². The molecule has 0 spiro atoms. The number of benzene rings is 3. The molecular weight excluding hydrogens is 388 g/mol. The van der Waals surface area contributed by atoms with E-state index in [1.165, 1.54) is 0 Å². The lowest BCUT2D eigenvalue weighted by atomic mass is 10.1. The summed E-state index contributed by atoms with van der Waals surface area (Å²) < 4.78 is 11.3. The third-order valence-electron chi connectivity index (χ3n) is 4.49. The van der Waals surface area contributed by atoms with E-state index in [1.807, 2.05) is 56.3 Å². The molecule has 146 valence electrons. The fourth-order valence-electron chi connectivity index (χ4n) is 3.22. The topological polar surface area (TPSA) is 64.4 Å². The van der Waals surface area contributed by atoms with Gasteiger partial charge in [-0.2, -0.15) is 0 Å². The van der Waals surface area contributed by atoms with E-state index in [4.69, 9.17) is 20.9 Å². The van der Waals surface area contributed by atoms with Crippen LogP contribution in [0.25, 0.3) is 11.0 Å². The highest BCUT2D eigenvalue weighted by molar-refractivity contribution is 6.31. The Morgan fingerprint density at radius 1 is 1.10 bits per heavy atom. The highest BCUT2D eigenvalue weighted by Crippen LogP contribution is 2.32. The summed E-state index contributed by atoms with van der Waals surface area (Å²) >= 11 is 6.12. The first-order valence-electron chi connectivity index (χ1n) is 9.17. The first-order valence-corrected chi connectivity index (χ1v) is 9.55. The van der Waals surface area contributed by atoms with Crippen molar-refractivity contribution in [3.8, 4) is 11.5 Å². The van der Waals surface area contributed by atoms with Crippen molar-refractivity contribution in [1.29, 1.82) is 0 Å². The van der Waals surface area contributed by atoms with Gasteiger partial charge in [-0.15, -0.1) is 0 Å². The van der Waals surface area contributed by atoms with E-state index in [1.54, 1.807) is 18.2 Å². The maximum atomic E-state index is 12.7. The van der Waals surface area contributed by atoms with Crippen LogP contribution in [0.1, 0.15) is 16.8 Å². The van der Waals surface area contributed by atoms with Gasteiger partial charge in [0.25, 0.3) is 0 Å². The average Bonchev–Trinajstić information content (AvgIpc) is 3.07. The molecule has 5 nitrogen and oxygen atoms in total. The predicted octanol–water partition coefficient (Wildman–Crippen LogP) is 6.07. The highest BCUT2D eigenvalue weighted by atomic mass is 35.5. The van der Waals surface area contributed by atoms with Crippen LogP contribution in [0.5, 0.6) is 11.5 Å². The van der Waals surface area contributed by atoms with E-state index in [9.17, 15) is 4.79 Å². The van der Waals surface area contributed by atoms with Crippen molar-refractivity contribution in [2.75, 3.05) is 5.32 Å². The number of nitrogens with zero attached hydrogens (tertiary/aromatic N) is 1. The number of nitrogens with one attached hydrogen (secondary N) is 1. The third-order valence-corrected chi connectivity index (χ3v) is 4.73. The summed E-state index contributed by atoms with van der Waals surface area (Å²) in [5.74, 6) is 0.934. The van der Waals surface area contributed by atoms with E-state index in [2.05, 4.69) is 10.5 Å². The number of fused-ring (bicyclic) bond motifs is 1. The maximum Gasteiger partial charge on any atom is 0.230 e. The summed E-state index contributed by atoms with van der Waals surface area (Å²) in [4.78, 5) is 12.7. The Morgan fingerprint density at radius 2 is 1.90 bits per heavy atom. The van der Waals surface area contributed by atoms with Crippen molar-refractivity contribution >= 4 is 34.2 Å². The van der Waals surface area contributed by atoms with Crippen LogP contribution in [0.3, 0.4) is 0 Å². The van der Waals surface area contributed by atoms with Gasteiger partial charge in [-0.3, -0.25) is 4.79 Å². The summed E-state index contributed by atoms with van der Waals surface area (Å²) in [5.41, 5.74) is 3.87. The van der Waals surface area contributed by atoms with Crippen LogP contribution in [-0.2, 0) is 11.2 Å². The minimum absolute atomic E-state index is 0.0766. The molecule has 6 heteroatoms. The fraction of sp³-hybridized carbons (Fsp3) is 0.130. The molecule has 0 atom stereocenters. The molecule has 0 unspecified atom stereocenters. The molecule has 0 fully saturated rings. The molecule has 1 N–H and O–H groups in total. The fourth-order valence-corrected chi connectivity index (χ4v) is 3.39. The molecule has 4 aromatic rings. The average molecular weight is 407 g/mol. The predicted molar refractivity (Wildman–Crippen MR) is 114 cm³/mol. The number of rotatable bonds is 5. The van der Waals surface area contributed by atoms with E-state index in [0.717, 1.165) is 16.5 Å². The molecular formula is C23H19ClN2O3. The minimum atomic E-state index is -0.237. The molecule has 0 saturated carbocycles. The first kappa shape index (κ1) is 19.0. The lowest BCUT2D eigenvalue weighted by molar-refractivity contribution is -0.115. The van der Waals surface area contributed by atoms with Crippen molar-refractivity contribution in [3.05, 3.63) is 82.5 Å². The zero-order valence-corrected chi connectivity index (χ0v) is 16.8. The lowest BCUT2D eigenvalue weighted by Crippen LogP contribution is -2.15. The zero-order valence-electron chi connectivity index (χ0n) is 16.0. The molecule has 0 radical (unpaired) electrons. The van der Waals surface area contributed by atoms with Crippen LogP contribution in [0, 0.1) is 13.8 Å². The Morgan fingerprint density at radius 3 is 2.69 bits per heavy atom. The normalized spacial score (nSPS) is 10.9. The van der Waals surface area contributed by atoms with Crippen LogP contribution < -0.4 is 10.1 Å². The number of para-hydroxylation sites is 1. The number of carbonyl (C=O) groups excluding carboxylic acids is 1. The molecule has 29 heavy (non-hydrogen) atoms. The van der Waals surface area contributed by atoms with Crippen molar-refractivity contribution < 1.29 is 14.1 Å². The van der Waals surface area contributed by atoms with Gasteiger partial charge in [-0.25, -0.2) is 0 Å². The van der Waals surface area contributed by atoms with Gasteiger partial charge in [0.05, 0.1) is 12.1 Å². The number of halogens is 1. The van der Waals surface area contributed by atoms with Crippen molar-refractivity contribution in [2.24, 2.45) is 0 Å². The molecule has 1 amide bonds. The number of amides is 1. The number of aromatic nitrogens is 1. The minimum Gasteiger partial charge on any atom is -0.455 e. The Labute approximate surface area is 173 Å². The van der Waals surface area contributed by atoms with Crippen LogP contribution in [-0.4, -0.2) is 11.1 Å². The van der Waals surface area contributed by atoms with E-state index in [-0.39, 0.29) is 12.3 Å². The number of anilines is 1. The third kappa shape index (κ3) is 4.25. The molecule has 0 bridgehead atoms. The van der Waals surface area contributed by atoms with Crippen LogP contribution in [0.4, 0.5) is 5.69 Å². The largest absolute Gasteiger partial charge is 0.455 e. The van der Waals surface area contributed by atoms with E-state index in [0.29, 0.717) is 33.5 Å². The Bertz CT molecular complexity index is 1190. The summed E-state index contributed by atoms with van der Waals surface area (Å²) in [5, 5.41) is 8.32. The van der Waals surface area contributed by atoms with Crippen molar-refractivity contribution in [1.82, 2.24) is 5.16 Å². The van der Waals surface area contributed by atoms with Gasteiger partial charge in [-0.1, -0.05) is 41.0 Å². The second-order valence-electron chi connectivity index (χ2n) is 6.87. The van der Waals surface area contributed by atoms with E-state index < -0.39 is 0 Å². The molecule has 0 aliphatic carbocycles. The monoisotopic (exact) mass is 406 g/mol. The van der Waals surface area contributed by atoms with Gasteiger partial charge < -0.3 is 14.6 Å². The SMILES string of the molecule is Cc1cc(C)c2onc(CC(=O)Nc3cc(Cl)ccc3Oc3ccccc3)c2c1. The number of aryl methyl sites for hydroxylation is 2. The number of ether oxygens (including phenoxy) is 1. The maximum absolute atomic E-state index is 12.7. The van der Waals surface area contributed by atoms with Gasteiger partial charge >= 0.3 is 0 Å². The van der Waals surface area contributed by atoms with Crippen LogP contribution in [0.15, 0.2) is 65.2 Å². The quantitative estimate of drug-likeness (QED) is 0.436. The standard InChI is InChI=1S/C23H19ClN2O3/c1-14-10-15(2)23-18(11-14)19(26-29-23)13-22(27)25-20-12-16(24)8-9-21(20)28-17-6-4-3-5-7-17/h3-12H,13H2,1-2H3,(H,25,27). The van der Waals surface area contributed by atoms with Gasteiger partial charge in [0.1, 0.15) is 11.4 Å². The number of hydrogen-bond acceptors (Lipinski definition) is 4. The molecule has 1 heterocycles. The Kier molecular flexibility index (Phi) is 5.23. The molecule has 0 aliphatic rings. The number of hydrogen-bond donors (Lipinski definition) is 1. The van der Waals surface area contributed by atoms with Gasteiger partial charge in [0.2, 0.25) is 5.91 Å². The van der Waals surface area contributed by atoms with E-state index >= 15 is 0 Å². The zero-order chi connectivity index (χ0) is 20.4. The summed E-state index contributed by atoms with van der Waals surface area (Å²) in [6.45, 7) is 3.96. The smallest absolute Gasteiger partial charge is 0.230 e. The molecule has 3 aromatic carbocycles. The second-order valence-corrected chi connectivity index (χ2v) is 7.30. The molecule has 4 rings (SSSR count). The molecule has 1 aromatic heterocycles. The van der Waals surface area contributed by atoms with Gasteiger partial charge in [-0.05, 0) is 61.4 Å². The Balaban J connectivity index is 1.57. The summed E-state index contributed by atoms with van der Waals surface area (Å²) in [6.07, 6.45) is 0.0766. The van der Waals surface area contributed by atoms with Gasteiger partial charge in [0.15, 0.2) is 11.3 Å². The second kappa shape index (κ2) is 7.97.